The van der Waals surface area contributed by atoms with Gasteiger partial charge in [0.05, 0.1) is 28.8 Å². The molecule has 0 radical (unpaired) electrons. The molecule has 2 heterocycles. The number of rotatable bonds is 8. The van der Waals surface area contributed by atoms with E-state index in [9.17, 15) is 18.0 Å². The number of nitrogens with zero attached hydrogens (tertiary/aromatic N) is 3. The van der Waals surface area contributed by atoms with Gasteiger partial charge in [-0.15, -0.1) is 0 Å². The van der Waals surface area contributed by atoms with Gasteiger partial charge in [-0.05, 0) is 68.9 Å². The van der Waals surface area contributed by atoms with E-state index < -0.39 is 23.0 Å². The molecular formula is C29H31ClF4N4O2. The normalized spacial score (nSPS) is 15.3. The van der Waals surface area contributed by atoms with E-state index in [1.807, 2.05) is 23.9 Å². The Morgan fingerprint density at radius 3 is 2.45 bits per heavy atom. The Morgan fingerprint density at radius 1 is 1.15 bits per heavy atom. The number of hydrogen-bond donors (Lipinski definition) is 1. The van der Waals surface area contributed by atoms with E-state index in [-0.39, 0.29) is 29.5 Å². The van der Waals surface area contributed by atoms with Gasteiger partial charge in [0.1, 0.15) is 17.3 Å². The van der Waals surface area contributed by atoms with Gasteiger partial charge in [-0.25, -0.2) is 4.39 Å². The first-order valence-electron chi connectivity index (χ1n) is 12.8. The molecule has 6 nitrogen and oxygen atoms in total. The number of ether oxygens (including phenoxy) is 1. The van der Waals surface area contributed by atoms with E-state index in [0.717, 1.165) is 12.1 Å². The maximum absolute atomic E-state index is 15.6. The number of alkyl halides is 3. The Labute approximate surface area is 235 Å². The summed E-state index contributed by atoms with van der Waals surface area (Å²) in [7, 11) is 5.28. The van der Waals surface area contributed by atoms with Crippen molar-refractivity contribution in [2.75, 3.05) is 52.3 Å². The zero-order chi connectivity index (χ0) is 29.1. The minimum atomic E-state index is -4.50. The number of nitrogens with one attached hydrogen (secondary N) is 1. The minimum Gasteiger partial charge on any atom is -0.496 e. The Bertz CT molecular complexity index is 1360. The van der Waals surface area contributed by atoms with Crippen molar-refractivity contribution in [1.82, 2.24) is 15.2 Å². The van der Waals surface area contributed by atoms with Crippen molar-refractivity contribution >= 4 is 23.2 Å². The number of piperidine rings is 1. The number of aromatic nitrogens is 1. The van der Waals surface area contributed by atoms with Crippen LogP contribution < -0.4 is 15.0 Å². The third-order valence-electron chi connectivity index (χ3n) is 7.27. The van der Waals surface area contributed by atoms with Crippen LogP contribution in [-0.4, -0.2) is 63.2 Å². The highest BCUT2D eigenvalue weighted by Crippen LogP contribution is 2.41. The molecule has 4 rings (SSSR count). The molecule has 1 N–H and O–H groups in total. The molecule has 1 aromatic heterocycles. The van der Waals surface area contributed by atoms with Gasteiger partial charge in [0, 0.05) is 37.9 Å². The van der Waals surface area contributed by atoms with Gasteiger partial charge >= 0.3 is 6.18 Å². The number of carbonyl (C=O) groups is 1. The minimum absolute atomic E-state index is 0.0216. The lowest BCUT2D eigenvalue weighted by atomic mass is 9.72. The van der Waals surface area contributed by atoms with Crippen LogP contribution in [0.25, 0.3) is 11.3 Å². The fraction of sp³-hybridized carbons (Fsp3) is 0.379. The second kappa shape index (κ2) is 12.0. The number of likely N-dealkylation sites (N-methyl/N-ethyl adjacent to an activating group) is 1. The van der Waals surface area contributed by atoms with E-state index in [1.54, 1.807) is 24.3 Å². The highest BCUT2D eigenvalue weighted by Gasteiger charge is 2.44. The van der Waals surface area contributed by atoms with Crippen molar-refractivity contribution in [2.24, 2.45) is 0 Å². The first-order chi connectivity index (χ1) is 19.0. The number of benzene rings is 2. The molecule has 0 aliphatic carbocycles. The number of hydrogen-bond acceptors (Lipinski definition) is 5. The summed E-state index contributed by atoms with van der Waals surface area (Å²) in [6.07, 6.45) is -2.41. The molecule has 11 heteroatoms. The van der Waals surface area contributed by atoms with Crippen LogP contribution in [0.3, 0.4) is 0 Å². The molecule has 0 atom stereocenters. The highest BCUT2D eigenvalue weighted by molar-refractivity contribution is 6.33. The largest absolute Gasteiger partial charge is 0.496 e. The van der Waals surface area contributed by atoms with E-state index in [0.29, 0.717) is 48.7 Å². The average molecular weight is 579 g/mol. The van der Waals surface area contributed by atoms with Gasteiger partial charge in [0.15, 0.2) is 0 Å². The SMILES string of the molecule is COc1ccccc1-c1ncc(C2(C(=O)NCCN(C)C)CCN(c3ccc(C(F)(F)F)cc3Cl)CC2)cc1F. The monoisotopic (exact) mass is 578 g/mol. The van der Waals surface area contributed by atoms with Crippen LogP contribution in [0.2, 0.25) is 5.02 Å². The van der Waals surface area contributed by atoms with Crippen LogP contribution in [0.15, 0.2) is 54.7 Å². The van der Waals surface area contributed by atoms with E-state index in [1.165, 1.54) is 25.4 Å². The Balaban J connectivity index is 1.65. The number of pyridine rings is 1. The number of amides is 1. The van der Waals surface area contributed by atoms with Crippen molar-refractivity contribution in [1.29, 1.82) is 0 Å². The number of anilines is 1. The third kappa shape index (κ3) is 6.18. The molecule has 0 saturated carbocycles. The molecule has 40 heavy (non-hydrogen) atoms. The molecule has 0 unspecified atom stereocenters. The Morgan fingerprint density at radius 2 is 1.85 bits per heavy atom. The van der Waals surface area contributed by atoms with Crippen LogP contribution in [0.4, 0.5) is 23.2 Å². The van der Waals surface area contributed by atoms with Crippen LogP contribution in [-0.2, 0) is 16.4 Å². The molecule has 3 aromatic rings. The lowest BCUT2D eigenvalue weighted by Crippen LogP contribution is -2.52. The molecule has 1 aliphatic rings. The highest BCUT2D eigenvalue weighted by atomic mass is 35.5. The molecule has 0 spiro atoms. The molecule has 1 amide bonds. The predicted octanol–water partition coefficient (Wildman–Crippen LogP) is 5.78. The van der Waals surface area contributed by atoms with Crippen LogP contribution >= 0.6 is 11.6 Å². The Kier molecular flexibility index (Phi) is 8.90. The van der Waals surface area contributed by atoms with Crippen LogP contribution in [0, 0.1) is 5.82 Å². The topological polar surface area (TPSA) is 57.7 Å². The second-order valence-electron chi connectivity index (χ2n) is 10.0. The molecule has 1 saturated heterocycles. The first kappa shape index (κ1) is 29.6. The number of para-hydroxylation sites is 1. The summed E-state index contributed by atoms with van der Waals surface area (Å²) in [6, 6.07) is 11.5. The lowest BCUT2D eigenvalue weighted by Gasteiger charge is -2.42. The van der Waals surface area contributed by atoms with Crippen LogP contribution in [0.1, 0.15) is 24.0 Å². The molecule has 0 bridgehead atoms. The fourth-order valence-corrected chi connectivity index (χ4v) is 5.32. The van der Waals surface area contributed by atoms with Gasteiger partial charge < -0.3 is 19.9 Å². The molecule has 1 fully saturated rings. The summed E-state index contributed by atoms with van der Waals surface area (Å²) in [6.45, 7) is 1.66. The van der Waals surface area contributed by atoms with Crippen molar-refractivity contribution in [3.63, 3.8) is 0 Å². The number of methoxy groups -OCH3 is 1. The fourth-order valence-electron chi connectivity index (χ4n) is 5.02. The van der Waals surface area contributed by atoms with E-state index >= 15 is 4.39 Å². The maximum Gasteiger partial charge on any atom is 0.416 e. The summed E-state index contributed by atoms with van der Waals surface area (Å²) >= 11 is 6.24. The third-order valence-corrected chi connectivity index (χ3v) is 7.57. The van der Waals surface area contributed by atoms with Crippen LogP contribution in [0.5, 0.6) is 5.75 Å². The van der Waals surface area contributed by atoms with Gasteiger partial charge in [0.2, 0.25) is 5.91 Å². The van der Waals surface area contributed by atoms with E-state index in [4.69, 9.17) is 16.3 Å². The van der Waals surface area contributed by atoms with Gasteiger partial charge in [-0.1, -0.05) is 23.7 Å². The van der Waals surface area contributed by atoms with Crippen molar-refractivity contribution < 1.29 is 27.1 Å². The lowest BCUT2D eigenvalue weighted by molar-refractivity contribution is -0.137. The molecular weight excluding hydrogens is 548 g/mol. The number of carbonyl (C=O) groups excluding carboxylic acids is 1. The van der Waals surface area contributed by atoms with Gasteiger partial charge in [-0.3, -0.25) is 9.78 Å². The van der Waals surface area contributed by atoms with Crippen molar-refractivity contribution in [3.8, 4) is 17.0 Å². The summed E-state index contributed by atoms with van der Waals surface area (Å²) in [4.78, 5) is 21.9. The summed E-state index contributed by atoms with van der Waals surface area (Å²) in [5.41, 5.74) is -0.432. The molecule has 2 aromatic carbocycles. The quantitative estimate of drug-likeness (QED) is 0.343. The summed E-state index contributed by atoms with van der Waals surface area (Å²) in [5, 5.41) is 2.96. The Hall–Kier alpha value is -3.37. The first-order valence-corrected chi connectivity index (χ1v) is 13.2. The smallest absolute Gasteiger partial charge is 0.416 e. The summed E-state index contributed by atoms with van der Waals surface area (Å²) < 4.78 is 60.3. The zero-order valence-corrected chi connectivity index (χ0v) is 23.2. The van der Waals surface area contributed by atoms with Crippen molar-refractivity contribution in [2.45, 2.75) is 24.4 Å². The van der Waals surface area contributed by atoms with Crippen molar-refractivity contribution in [3.05, 3.63) is 76.7 Å². The van der Waals surface area contributed by atoms with Gasteiger partial charge in [0.25, 0.3) is 0 Å². The standard InChI is InChI=1S/C29H31ClF4N4O2/c1-37(2)15-12-35-27(39)28(20-17-23(31)26(36-18-20)21-6-4-5-7-25(21)40-3)10-13-38(14-11-28)24-9-8-19(16-22(24)30)29(32,33)34/h4-9,16-18H,10-15H2,1-3H3,(H,35,39). The molecule has 1 aliphatic heterocycles. The molecule has 214 valence electrons. The predicted molar refractivity (Wildman–Crippen MR) is 147 cm³/mol. The van der Waals surface area contributed by atoms with E-state index in [2.05, 4.69) is 10.3 Å². The maximum atomic E-state index is 15.6. The number of halogens is 5. The summed E-state index contributed by atoms with van der Waals surface area (Å²) in [5.74, 6) is -0.367. The average Bonchev–Trinajstić information content (AvgIpc) is 2.92. The second-order valence-corrected chi connectivity index (χ2v) is 10.5. The zero-order valence-electron chi connectivity index (χ0n) is 22.5. The van der Waals surface area contributed by atoms with Gasteiger partial charge in [-0.2, -0.15) is 13.2 Å².